The largest absolute Gasteiger partial charge is 0.497 e. The van der Waals surface area contributed by atoms with Crippen LogP contribution in [0.5, 0.6) is 0 Å². The summed E-state index contributed by atoms with van der Waals surface area (Å²) in [5.74, 6) is 0.357. The number of rotatable bonds is 8. The molecule has 1 aliphatic rings. The summed E-state index contributed by atoms with van der Waals surface area (Å²) in [6, 6.07) is 0. The second-order valence-electron chi connectivity index (χ2n) is 4.83. The Morgan fingerprint density at radius 2 is 2.09 bits per heavy atom. The van der Waals surface area contributed by atoms with Gasteiger partial charge >= 0.3 is 0 Å². The van der Waals surface area contributed by atoms with Crippen molar-refractivity contribution >= 4 is 0 Å². The molecular formula is C15H24O7. The predicted molar refractivity (Wildman–Crippen MR) is 78.8 cm³/mol. The lowest BCUT2D eigenvalue weighted by molar-refractivity contribution is -0.250. The molecule has 0 aromatic carbocycles. The standard InChI is InChI=1S/C15H24O7/c1-10(20-2)6-11(4-3-5-16)15-21-12(8-17)7-14(22-15)13(19)9-18/h3-4,6,12-19H,1,5,7-9H2,2H3/b4-3-,11-6+. The predicted octanol–water partition coefficient (Wildman–Crippen LogP) is -0.533. The van der Waals surface area contributed by atoms with E-state index in [0.29, 0.717) is 11.3 Å². The van der Waals surface area contributed by atoms with E-state index in [9.17, 15) is 10.2 Å². The number of hydrogen-bond acceptors (Lipinski definition) is 7. The second kappa shape index (κ2) is 9.73. The van der Waals surface area contributed by atoms with Gasteiger partial charge in [-0.2, -0.15) is 0 Å². The van der Waals surface area contributed by atoms with Crippen molar-refractivity contribution in [3.8, 4) is 0 Å². The number of ether oxygens (including phenoxy) is 3. The highest BCUT2D eigenvalue weighted by molar-refractivity contribution is 5.28. The lowest BCUT2D eigenvalue weighted by Gasteiger charge is -2.37. The van der Waals surface area contributed by atoms with E-state index >= 15 is 0 Å². The number of aliphatic hydroxyl groups is 4. The van der Waals surface area contributed by atoms with Crippen molar-refractivity contribution in [3.63, 3.8) is 0 Å². The third-order valence-corrected chi connectivity index (χ3v) is 3.21. The van der Waals surface area contributed by atoms with E-state index in [1.165, 1.54) is 13.2 Å². The Balaban J connectivity index is 2.97. The van der Waals surface area contributed by atoms with Crippen LogP contribution in [0.3, 0.4) is 0 Å². The van der Waals surface area contributed by atoms with Gasteiger partial charge in [-0.05, 0) is 6.08 Å². The van der Waals surface area contributed by atoms with Crippen LogP contribution in [-0.2, 0) is 14.2 Å². The van der Waals surface area contributed by atoms with Gasteiger partial charge in [-0.3, -0.25) is 0 Å². The lowest BCUT2D eigenvalue weighted by Crippen LogP contribution is -2.46. The molecule has 1 rings (SSSR count). The Kier molecular flexibility index (Phi) is 8.32. The molecule has 1 fully saturated rings. The van der Waals surface area contributed by atoms with Gasteiger partial charge in [0.2, 0.25) is 0 Å². The Bertz CT molecular complexity index is 405. The van der Waals surface area contributed by atoms with Gasteiger partial charge in [-0.25, -0.2) is 0 Å². The number of hydrogen-bond donors (Lipinski definition) is 4. The first-order valence-corrected chi connectivity index (χ1v) is 6.98. The molecule has 0 aliphatic carbocycles. The Hall–Kier alpha value is -1.22. The summed E-state index contributed by atoms with van der Waals surface area (Å²) in [6.07, 6.45) is 1.73. The molecule has 1 heterocycles. The average Bonchev–Trinajstić information content (AvgIpc) is 2.56. The molecule has 0 aromatic rings. The number of methoxy groups -OCH3 is 1. The molecule has 0 radical (unpaired) electrons. The minimum atomic E-state index is -1.07. The van der Waals surface area contributed by atoms with Crippen LogP contribution in [0.2, 0.25) is 0 Å². The zero-order valence-electron chi connectivity index (χ0n) is 12.6. The molecule has 4 atom stereocenters. The fourth-order valence-corrected chi connectivity index (χ4v) is 2.00. The first kappa shape index (κ1) is 18.8. The van der Waals surface area contributed by atoms with E-state index in [-0.39, 0.29) is 19.6 Å². The average molecular weight is 316 g/mol. The zero-order valence-corrected chi connectivity index (χ0v) is 12.6. The first-order valence-electron chi connectivity index (χ1n) is 6.98. The van der Waals surface area contributed by atoms with Crippen molar-refractivity contribution in [2.75, 3.05) is 26.9 Å². The molecule has 0 saturated carbocycles. The van der Waals surface area contributed by atoms with Crippen LogP contribution in [0.1, 0.15) is 6.42 Å². The molecule has 1 aliphatic heterocycles. The second-order valence-corrected chi connectivity index (χ2v) is 4.83. The molecule has 4 N–H and O–H groups in total. The molecular weight excluding hydrogens is 292 g/mol. The quantitative estimate of drug-likeness (QED) is 0.352. The van der Waals surface area contributed by atoms with Gasteiger partial charge in [0.15, 0.2) is 6.29 Å². The summed E-state index contributed by atoms with van der Waals surface area (Å²) >= 11 is 0. The summed E-state index contributed by atoms with van der Waals surface area (Å²) in [5, 5.41) is 37.1. The van der Waals surface area contributed by atoms with Crippen molar-refractivity contribution in [1.82, 2.24) is 0 Å². The van der Waals surface area contributed by atoms with Gasteiger partial charge in [0.1, 0.15) is 11.9 Å². The highest BCUT2D eigenvalue weighted by Gasteiger charge is 2.34. The van der Waals surface area contributed by atoms with Crippen molar-refractivity contribution in [2.24, 2.45) is 0 Å². The van der Waals surface area contributed by atoms with Crippen molar-refractivity contribution in [2.45, 2.75) is 31.0 Å². The maximum Gasteiger partial charge on any atom is 0.184 e. The van der Waals surface area contributed by atoms with E-state index in [4.69, 9.17) is 24.4 Å². The van der Waals surface area contributed by atoms with E-state index in [1.54, 1.807) is 12.2 Å². The van der Waals surface area contributed by atoms with Crippen LogP contribution in [-0.4, -0.2) is 72.0 Å². The highest BCUT2D eigenvalue weighted by Crippen LogP contribution is 2.26. The van der Waals surface area contributed by atoms with Crippen LogP contribution in [0.25, 0.3) is 0 Å². The minimum absolute atomic E-state index is 0.171. The maximum atomic E-state index is 9.77. The number of aliphatic hydroxyl groups excluding tert-OH is 4. The van der Waals surface area contributed by atoms with E-state index in [0.717, 1.165) is 0 Å². The molecule has 0 spiro atoms. The summed E-state index contributed by atoms with van der Waals surface area (Å²) in [6.45, 7) is 2.82. The molecule has 1 saturated heterocycles. The number of allylic oxidation sites excluding steroid dienone is 1. The Morgan fingerprint density at radius 1 is 1.36 bits per heavy atom. The SMILES string of the molecule is C=C(/C=C(\C=C/CO)C1OC(CO)CC(C(O)CO)O1)OC. The van der Waals surface area contributed by atoms with E-state index in [1.807, 2.05) is 0 Å². The smallest absolute Gasteiger partial charge is 0.184 e. The first-order chi connectivity index (χ1) is 10.5. The van der Waals surface area contributed by atoms with E-state index < -0.39 is 31.2 Å². The summed E-state index contributed by atoms with van der Waals surface area (Å²) in [7, 11) is 1.46. The normalized spacial score (nSPS) is 27.9. The zero-order chi connectivity index (χ0) is 16.5. The third-order valence-electron chi connectivity index (χ3n) is 3.21. The molecule has 7 nitrogen and oxygen atoms in total. The summed E-state index contributed by atoms with van der Waals surface area (Å²) < 4.78 is 16.2. The van der Waals surface area contributed by atoms with Crippen LogP contribution < -0.4 is 0 Å². The van der Waals surface area contributed by atoms with Gasteiger partial charge < -0.3 is 34.6 Å². The van der Waals surface area contributed by atoms with Gasteiger partial charge in [0, 0.05) is 12.0 Å². The fourth-order valence-electron chi connectivity index (χ4n) is 2.00. The highest BCUT2D eigenvalue weighted by atomic mass is 16.7. The Labute approximate surface area is 129 Å². The summed E-state index contributed by atoms with van der Waals surface area (Å²) in [4.78, 5) is 0. The maximum absolute atomic E-state index is 9.77. The monoisotopic (exact) mass is 316 g/mol. The van der Waals surface area contributed by atoms with Crippen LogP contribution >= 0.6 is 0 Å². The van der Waals surface area contributed by atoms with Crippen molar-refractivity contribution in [3.05, 3.63) is 36.1 Å². The topological polar surface area (TPSA) is 109 Å². The van der Waals surface area contributed by atoms with Gasteiger partial charge in [-0.15, -0.1) is 0 Å². The van der Waals surface area contributed by atoms with Gasteiger partial charge in [-0.1, -0.05) is 18.7 Å². The summed E-state index contributed by atoms with van der Waals surface area (Å²) in [5.41, 5.74) is 0.509. The molecule has 0 bridgehead atoms. The fraction of sp³-hybridized carbons (Fsp3) is 0.600. The minimum Gasteiger partial charge on any atom is -0.497 e. The molecule has 7 heteroatoms. The molecule has 22 heavy (non-hydrogen) atoms. The Morgan fingerprint density at radius 3 is 2.64 bits per heavy atom. The molecule has 4 unspecified atom stereocenters. The van der Waals surface area contributed by atoms with Gasteiger partial charge in [0.05, 0.1) is 39.1 Å². The van der Waals surface area contributed by atoms with Crippen molar-refractivity contribution < 1.29 is 34.6 Å². The van der Waals surface area contributed by atoms with Gasteiger partial charge in [0.25, 0.3) is 0 Å². The molecule has 0 amide bonds. The van der Waals surface area contributed by atoms with Crippen LogP contribution in [0.15, 0.2) is 36.1 Å². The van der Waals surface area contributed by atoms with E-state index in [2.05, 4.69) is 6.58 Å². The lowest BCUT2D eigenvalue weighted by atomic mass is 10.0. The van der Waals surface area contributed by atoms with Crippen LogP contribution in [0.4, 0.5) is 0 Å². The van der Waals surface area contributed by atoms with Crippen molar-refractivity contribution in [1.29, 1.82) is 0 Å². The van der Waals surface area contributed by atoms with Crippen LogP contribution in [0, 0.1) is 0 Å². The third kappa shape index (κ3) is 5.53. The molecule has 0 aromatic heterocycles. The molecule has 126 valence electrons.